The van der Waals surface area contributed by atoms with Gasteiger partial charge in [-0.1, -0.05) is 18.2 Å². The normalized spacial score (nSPS) is 11.5. The molecule has 9 heteroatoms. The highest BCUT2D eigenvalue weighted by Crippen LogP contribution is 2.26. The number of halogens is 3. The van der Waals surface area contributed by atoms with Gasteiger partial charge in [0, 0.05) is 11.1 Å². The zero-order chi connectivity index (χ0) is 19.3. The number of hydrogen-bond acceptors (Lipinski definition) is 5. The maximum Gasteiger partial charge on any atom is 0.573 e. The van der Waals surface area contributed by atoms with E-state index in [2.05, 4.69) is 20.2 Å². The van der Waals surface area contributed by atoms with Crippen LogP contribution in [-0.4, -0.2) is 23.5 Å². The summed E-state index contributed by atoms with van der Waals surface area (Å²) in [6, 6.07) is 12.2. The Bertz CT molecular complexity index is 939. The lowest BCUT2D eigenvalue weighted by Gasteiger charge is -2.09. The fourth-order valence-corrected chi connectivity index (χ4v) is 2.74. The van der Waals surface area contributed by atoms with E-state index in [1.807, 2.05) is 17.5 Å². The number of pyridine rings is 1. The van der Waals surface area contributed by atoms with Crippen molar-refractivity contribution in [3.05, 3.63) is 70.7 Å². The molecule has 0 aliphatic carbocycles. The molecule has 0 unspecified atom stereocenters. The lowest BCUT2D eigenvalue weighted by molar-refractivity contribution is -0.274. The minimum Gasteiger partial charge on any atom is -0.406 e. The summed E-state index contributed by atoms with van der Waals surface area (Å²) in [6.07, 6.45) is -1.79. The Kier molecular flexibility index (Phi) is 5.51. The number of aromatic nitrogens is 1. The summed E-state index contributed by atoms with van der Waals surface area (Å²) in [4.78, 5) is 17.0. The Morgan fingerprint density at radius 1 is 1.15 bits per heavy atom. The molecular formula is C18H12F3N3O2S. The van der Waals surface area contributed by atoms with Gasteiger partial charge in [0.15, 0.2) is 0 Å². The van der Waals surface area contributed by atoms with Crippen LogP contribution in [0.5, 0.6) is 5.75 Å². The summed E-state index contributed by atoms with van der Waals surface area (Å²) in [5.41, 5.74) is 3.75. The lowest BCUT2D eigenvalue weighted by Crippen LogP contribution is -2.18. The number of hydrogen-bond donors (Lipinski definition) is 1. The van der Waals surface area contributed by atoms with Gasteiger partial charge < -0.3 is 4.74 Å². The Morgan fingerprint density at radius 3 is 2.59 bits per heavy atom. The highest BCUT2D eigenvalue weighted by atomic mass is 32.1. The molecule has 2 heterocycles. The van der Waals surface area contributed by atoms with Crippen molar-refractivity contribution < 1.29 is 22.7 Å². The van der Waals surface area contributed by atoms with Crippen molar-refractivity contribution in [3.63, 3.8) is 0 Å². The van der Waals surface area contributed by atoms with Crippen LogP contribution >= 0.6 is 11.3 Å². The fraction of sp³-hybridized carbons (Fsp3) is 0.0556. The lowest BCUT2D eigenvalue weighted by atomic mass is 10.1. The zero-order valence-electron chi connectivity index (χ0n) is 13.6. The molecule has 1 amide bonds. The molecule has 3 aromatic rings. The van der Waals surface area contributed by atoms with Gasteiger partial charge in [-0.25, -0.2) is 5.43 Å². The van der Waals surface area contributed by atoms with E-state index in [-0.39, 0.29) is 11.4 Å². The number of nitrogens with one attached hydrogen (secondary N) is 1. The van der Waals surface area contributed by atoms with Gasteiger partial charge in [0.25, 0.3) is 5.91 Å². The number of ether oxygens (including phenoxy) is 1. The number of rotatable bonds is 5. The molecule has 2 aromatic heterocycles. The van der Waals surface area contributed by atoms with Crippen molar-refractivity contribution in [2.24, 2.45) is 5.10 Å². The van der Waals surface area contributed by atoms with E-state index in [4.69, 9.17) is 0 Å². The number of thiophene rings is 1. The molecule has 0 atom stereocenters. The van der Waals surface area contributed by atoms with Gasteiger partial charge in [-0.2, -0.15) is 5.10 Å². The average molecular weight is 391 g/mol. The number of carbonyl (C=O) groups is 1. The van der Waals surface area contributed by atoms with Crippen molar-refractivity contribution in [1.82, 2.24) is 10.4 Å². The number of carbonyl (C=O) groups excluding carboxylic acids is 1. The minimum atomic E-state index is -4.74. The van der Waals surface area contributed by atoms with E-state index in [0.29, 0.717) is 11.1 Å². The van der Waals surface area contributed by atoms with Gasteiger partial charge in [-0.3, -0.25) is 9.78 Å². The average Bonchev–Trinajstić information content (AvgIpc) is 3.14. The maximum atomic E-state index is 12.2. The monoisotopic (exact) mass is 391 g/mol. The van der Waals surface area contributed by atoms with Crippen molar-refractivity contribution in [3.8, 4) is 16.9 Å². The second kappa shape index (κ2) is 8.00. The van der Waals surface area contributed by atoms with Crippen molar-refractivity contribution in [1.29, 1.82) is 0 Å². The number of hydrazone groups is 1. The molecule has 0 bridgehead atoms. The molecule has 3 rings (SSSR count). The second-order valence-corrected chi connectivity index (χ2v) is 6.20. The second-order valence-electron chi connectivity index (χ2n) is 5.22. The van der Waals surface area contributed by atoms with Crippen LogP contribution in [0.3, 0.4) is 0 Å². The molecular weight excluding hydrogens is 379 g/mol. The van der Waals surface area contributed by atoms with Gasteiger partial charge in [-0.15, -0.1) is 24.5 Å². The van der Waals surface area contributed by atoms with Crippen LogP contribution in [0.25, 0.3) is 11.1 Å². The molecule has 5 nitrogen and oxygen atoms in total. The first kappa shape index (κ1) is 18.6. The molecule has 0 spiro atoms. The molecule has 0 saturated carbocycles. The third-order valence-corrected chi connectivity index (χ3v) is 4.12. The Balaban J connectivity index is 1.70. The summed E-state index contributed by atoms with van der Waals surface area (Å²) in [6.45, 7) is 0. The highest BCUT2D eigenvalue weighted by molar-refractivity contribution is 7.11. The van der Waals surface area contributed by atoms with Gasteiger partial charge in [0.2, 0.25) is 0 Å². The standard InChI is InChI=1S/C18H12F3N3O2S/c19-18(20,21)26-14-5-3-12(4-6-14)13-7-8-22-16(10-13)17(25)24-23-11-15-2-1-9-27-15/h1-11H,(H,24,25). The topological polar surface area (TPSA) is 63.6 Å². The van der Waals surface area contributed by atoms with Gasteiger partial charge in [0.1, 0.15) is 11.4 Å². The highest BCUT2D eigenvalue weighted by Gasteiger charge is 2.30. The maximum absolute atomic E-state index is 12.2. The first-order valence-electron chi connectivity index (χ1n) is 7.60. The molecule has 0 saturated heterocycles. The summed E-state index contributed by atoms with van der Waals surface area (Å²) >= 11 is 1.48. The largest absolute Gasteiger partial charge is 0.573 e. The van der Waals surface area contributed by atoms with Crippen molar-refractivity contribution in [2.45, 2.75) is 6.36 Å². The first-order valence-corrected chi connectivity index (χ1v) is 8.48. The molecule has 1 aromatic carbocycles. The third-order valence-electron chi connectivity index (χ3n) is 3.31. The van der Waals surface area contributed by atoms with Gasteiger partial charge >= 0.3 is 6.36 Å². The SMILES string of the molecule is O=C(NN=Cc1cccs1)c1cc(-c2ccc(OC(F)(F)F)cc2)ccn1. The predicted octanol–water partition coefficient (Wildman–Crippen LogP) is 4.47. The zero-order valence-corrected chi connectivity index (χ0v) is 14.4. The van der Waals surface area contributed by atoms with E-state index < -0.39 is 12.3 Å². The smallest absolute Gasteiger partial charge is 0.406 e. The number of nitrogens with zero attached hydrogens (tertiary/aromatic N) is 2. The van der Waals surface area contributed by atoms with E-state index in [1.54, 1.807) is 6.07 Å². The predicted molar refractivity (Wildman–Crippen MR) is 95.7 cm³/mol. The minimum absolute atomic E-state index is 0.131. The molecule has 1 N–H and O–H groups in total. The summed E-state index contributed by atoms with van der Waals surface area (Å²) < 4.78 is 40.5. The number of amides is 1. The van der Waals surface area contributed by atoms with Crippen molar-refractivity contribution in [2.75, 3.05) is 0 Å². The molecule has 0 aliphatic heterocycles. The summed E-state index contributed by atoms with van der Waals surface area (Å²) in [5.74, 6) is -0.817. The number of alkyl halides is 3. The van der Waals surface area contributed by atoms with Crippen LogP contribution in [0.2, 0.25) is 0 Å². The van der Waals surface area contributed by atoms with Crippen LogP contribution in [-0.2, 0) is 0 Å². The van der Waals surface area contributed by atoms with E-state index in [0.717, 1.165) is 4.88 Å². The van der Waals surface area contributed by atoms with Gasteiger partial charge in [-0.05, 0) is 46.8 Å². The molecule has 27 heavy (non-hydrogen) atoms. The van der Waals surface area contributed by atoms with Crippen LogP contribution in [0.15, 0.2) is 65.2 Å². The quantitative estimate of drug-likeness (QED) is 0.516. The summed E-state index contributed by atoms with van der Waals surface area (Å²) in [7, 11) is 0. The number of benzene rings is 1. The van der Waals surface area contributed by atoms with Crippen LogP contribution < -0.4 is 10.2 Å². The van der Waals surface area contributed by atoms with E-state index in [9.17, 15) is 18.0 Å². The Hall–Kier alpha value is -3.20. The third kappa shape index (κ3) is 5.38. The molecule has 0 radical (unpaired) electrons. The first-order chi connectivity index (χ1) is 12.9. The fourth-order valence-electron chi connectivity index (χ4n) is 2.16. The van der Waals surface area contributed by atoms with Gasteiger partial charge in [0.05, 0.1) is 6.21 Å². The summed E-state index contributed by atoms with van der Waals surface area (Å²) in [5, 5.41) is 5.75. The van der Waals surface area contributed by atoms with Crippen LogP contribution in [0, 0.1) is 0 Å². The Labute approximate surface area is 156 Å². The van der Waals surface area contributed by atoms with Crippen LogP contribution in [0.4, 0.5) is 13.2 Å². The van der Waals surface area contributed by atoms with Crippen molar-refractivity contribution >= 4 is 23.5 Å². The molecule has 0 fully saturated rings. The van der Waals surface area contributed by atoms with E-state index >= 15 is 0 Å². The van der Waals surface area contributed by atoms with Crippen LogP contribution in [0.1, 0.15) is 15.4 Å². The van der Waals surface area contributed by atoms with E-state index in [1.165, 1.54) is 54.1 Å². The molecule has 138 valence electrons. The Morgan fingerprint density at radius 2 is 1.93 bits per heavy atom. The molecule has 0 aliphatic rings.